The van der Waals surface area contributed by atoms with Crippen molar-refractivity contribution in [3.8, 4) is 11.6 Å². The zero-order chi connectivity index (χ0) is 26.1. The molecule has 1 amide bonds. The van der Waals surface area contributed by atoms with E-state index in [1.54, 1.807) is 0 Å². The van der Waals surface area contributed by atoms with Crippen LogP contribution in [0.5, 0.6) is 11.6 Å². The number of aromatic nitrogens is 2. The van der Waals surface area contributed by atoms with Gasteiger partial charge < -0.3 is 10.1 Å². The average Bonchev–Trinajstić information content (AvgIpc) is 2.73. The molecule has 0 fully saturated rings. The van der Waals surface area contributed by atoms with Crippen molar-refractivity contribution in [2.45, 2.75) is 24.4 Å². The molecule has 14 heteroatoms. The molecule has 35 heavy (non-hydrogen) atoms. The number of alkyl halides is 5. The van der Waals surface area contributed by atoms with Crippen molar-refractivity contribution >= 4 is 32.9 Å². The second kappa shape index (κ2) is 9.74. The minimum Gasteiger partial charge on any atom is -0.435 e. The quantitative estimate of drug-likeness (QED) is 0.352. The highest BCUT2D eigenvalue weighted by Gasteiger charge is 2.38. The van der Waals surface area contributed by atoms with E-state index in [0.29, 0.717) is 0 Å². The normalized spacial score (nSPS) is 13.4. The number of amides is 1. The molecule has 2 N–H and O–H groups in total. The van der Waals surface area contributed by atoms with Crippen LogP contribution < -0.4 is 10.1 Å². The van der Waals surface area contributed by atoms with Crippen LogP contribution >= 0.6 is 11.6 Å². The fourth-order valence-electron chi connectivity index (χ4n) is 2.96. The maximum absolute atomic E-state index is 13.4. The Morgan fingerprint density at radius 3 is 2.43 bits per heavy atom. The van der Waals surface area contributed by atoms with Crippen molar-refractivity contribution in [1.29, 1.82) is 4.78 Å². The van der Waals surface area contributed by atoms with Gasteiger partial charge in [0.15, 0.2) is 5.69 Å². The van der Waals surface area contributed by atoms with Gasteiger partial charge in [-0.25, -0.2) is 17.8 Å². The summed E-state index contributed by atoms with van der Waals surface area (Å²) in [7, 11) is -3.14. The van der Waals surface area contributed by atoms with Crippen LogP contribution in [0.4, 0.5) is 27.6 Å². The zero-order valence-electron chi connectivity index (χ0n) is 17.9. The predicted molar refractivity (Wildman–Crippen MR) is 118 cm³/mol. The van der Waals surface area contributed by atoms with Crippen molar-refractivity contribution in [2.24, 2.45) is 0 Å². The highest BCUT2D eigenvalue weighted by atomic mass is 35.5. The van der Waals surface area contributed by atoms with Crippen LogP contribution in [0.3, 0.4) is 0 Å². The minimum absolute atomic E-state index is 0.0457. The summed E-state index contributed by atoms with van der Waals surface area (Å²) in [4.78, 5) is 13.1. The molecular weight excluding hydrogens is 519 g/mol. The van der Waals surface area contributed by atoms with E-state index in [2.05, 4.69) is 15.5 Å². The lowest BCUT2D eigenvalue weighted by molar-refractivity contribution is -0.142. The Morgan fingerprint density at radius 1 is 1.17 bits per heavy atom. The first-order valence-corrected chi connectivity index (χ1v) is 11.9. The van der Waals surface area contributed by atoms with Gasteiger partial charge >= 0.3 is 6.18 Å². The lowest BCUT2D eigenvalue weighted by Gasteiger charge is -2.16. The lowest BCUT2D eigenvalue weighted by atomic mass is 10.1. The van der Waals surface area contributed by atoms with E-state index in [1.165, 1.54) is 24.3 Å². The van der Waals surface area contributed by atoms with Crippen LogP contribution in [-0.2, 0) is 15.9 Å². The Labute approximate surface area is 201 Å². The Hall–Kier alpha value is -3.32. The topological polar surface area (TPSA) is 105 Å². The molecule has 3 rings (SSSR count). The molecule has 0 aliphatic heterocycles. The van der Waals surface area contributed by atoms with Crippen LogP contribution in [-0.4, -0.2) is 26.6 Å². The van der Waals surface area contributed by atoms with Crippen molar-refractivity contribution in [3.05, 3.63) is 69.9 Å². The van der Waals surface area contributed by atoms with Crippen molar-refractivity contribution in [2.75, 3.05) is 11.6 Å². The Morgan fingerprint density at radius 2 is 1.86 bits per heavy atom. The third-order valence-corrected chi connectivity index (χ3v) is 6.09. The molecule has 2 aromatic carbocycles. The molecule has 1 atom stereocenters. The monoisotopic (exact) mass is 534 g/mol. The molecule has 1 unspecified atom stereocenters. The second-order valence-corrected chi connectivity index (χ2v) is 9.84. The van der Waals surface area contributed by atoms with Crippen LogP contribution in [0, 0.1) is 11.7 Å². The van der Waals surface area contributed by atoms with Crippen molar-refractivity contribution in [3.63, 3.8) is 0 Å². The Balaban J connectivity index is 2.07. The number of nitrogens with zero attached hydrogens (tertiary/aromatic N) is 2. The number of ether oxygens (including phenoxy) is 1. The van der Waals surface area contributed by atoms with Gasteiger partial charge in [0.05, 0.1) is 14.8 Å². The molecule has 0 spiro atoms. The number of anilines is 1. The maximum Gasteiger partial charge on any atom is 0.435 e. The lowest BCUT2D eigenvalue weighted by Crippen LogP contribution is -2.21. The van der Waals surface area contributed by atoms with Gasteiger partial charge in [0.25, 0.3) is 18.2 Å². The van der Waals surface area contributed by atoms with Gasteiger partial charge in [-0.3, -0.25) is 4.79 Å². The van der Waals surface area contributed by atoms with E-state index < -0.39 is 56.5 Å². The molecule has 0 aliphatic rings. The van der Waals surface area contributed by atoms with Gasteiger partial charge in [-0.15, -0.1) is 10.2 Å². The van der Waals surface area contributed by atoms with Crippen LogP contribution in [0.15, 0.2) is 47.4 Å². The molecule has 186 valence electrons. The molecule has 7 nitrogen and oxygen atoms in total. The molecule has 0 aliphatic carbocycles. The summed E-state index contributed by atoms with van der Waals surface area (Å²) in [6, 6.07) is 8.36. The number of nitrogens with one attached hydrogen (secondary N) is 2. The number of hydrogen-bond acceptors (Lipinski definition) is 6. The largest absolute Gasteiger partial charge is 0.435 e. The highest BCUT2D eigenvalue weighted by Crippen LogP contribution is 2.37. The summed E-state index contributed by atoms with van der Waals surface area (Å²) in [5.74, 6) is -1.99. The first kappa shape index (κ1) is 26.3. The van der Waals surface area contributed by atoms with Gasteiger partial charge in [-0.1, -0.05) is 17.7 Å². The second-order valence-electron chi connectivity index (χ2n) is 7.27. The molecule has 1 heterocycles. The van der Waals surface area contributed by atoms with E-state index in [4.69, 9.17) is 21.1 Å². The smallest absolute Gasteiger partial charge is 0.435 e. The van der Waals surface area contributed by atoms with Gasteiger partial charge in [-0.2, -0.15) is 13.2 Å². The summed E-state index contributed by atoms with van der Waals surface area (Å²) >= 11 is 5.96. The summed E-state index contributed by atoms with van der Waals surface area (Å²) < 4.78 is 91.1. The number of rotatable bonds is 6. The SMILES string of the molecule is Cc1c(C(F)(F)F)nnc(Oc2ccc(C(F)F)cc2Cl)c1C(=O)Nc1cccc(S(C)(=N)=O)c1. The fourth-order valence-corrected chi connectivity index (χ4v) is 3.87. The van der Waals surface area contributed by atoms with Crippen molar-refractivity contribution in [1.82, 2.24) is 10.2 Å². The van der Waals surface area contributed by atoms with Crippen LogP contribution in [0.25, 0.3) is 0 Å². The van der Waals surface area contributed by atoms with Crippen molar-refractivity contribution < 1.29 is 35.7 Å². The molecular formula is C21H16ClF5N4O3S. The van der Waals surface area contributed by atoms with Gasteiger partial charge in [0, 0.05) is 22.4 Å². The molecule has 3 aromatic rings. The van der Waals surface area contributed by atoms with E-state index >= 15 is 0 Å². The Bertz CT molecular complexity index is 1400. The number of hydrogen-bond donors (Lipinski definition) is 2. The molecule has 0 bridgehead atoms. The zero-order valence-corrected chi connectivity index (χ0v) is 19.5. The number of halogens is 6. The summed E-state index contributed by atoms with van der Waals surface area (Å²) in [6.07, 6.45) is -6.61. The Kier molecular flexibility index (Phi) is 7.31. The van der Waals surface area contributed by atoms with Crippen LogP contribution in [0.2, 0.25) is 5.02 Å². The molecule has 1 aromatic heterocycles. The van der Waals surface area contributed by atoms with E-state index in [-0.39, 0.29) is 21.4 Å². The standard InChI is InChI=1S/C21H16ClF5N4O3S/c1-10-16(19(32)29-12-4-3-5-13(9-12)35(2,28)33)20(31-30-17(10)21(25,26)27)34-15-7-6-11(18(23)24)8-14(15)22/h3-9,18,28H,1-2H3,(H,29,32). The fraction of sp³-hybridized carbons (Fsp3) is 0.190. The van der Waals surface area contributed by atoms with E-state index in [1.807, 2.05) is 0 Å². The molecule has 0 saturated carbocycles. The maximum atomic E-state index is 13.4. The summed E-state index contributed by atoms with van der Waals surface area (Å²) in [5, 5.41) is 8.56. The van der Waals surface area contributed by atoms with Gasteiger partial charge in [0.2, 0.25) is 0 Å². The summed E-state index contributed by atoms with van der Waals surface area (Å²) in [5.41, 5.74) is -3.07. The molecule has 0 radical (unpaired) electrons. The number of carbonyl (C=O) groups is 1. The minimum atomic E-state index is -4.94. The summed E-state index contributed by atoms with van der Waals surface area (Å²) in [6.45, 7) is 0.986. The first-order chi connectivity index (χ1) is 16.2. The average molecular weight is 535 g/mol. The van der Waals surface area contributed by atoms with E-state index in [0.717, 1.165) is 31.4 Å². The van der Waals surface area contributed by atoms with Crippen LogP contribution in [0.1, 0.15) is 33.6 Å². The third-order valence-electron chi connectivity index (χ3n) is 4.64. The third kappa shape index (κ3) is 6.03. The van der Waals surface area contributed by atoms with Gasteiger partial charge in [0.1, 0.15) is 11.3 Å². The number of carbonyl (C=O) groups excluding carboxylic acids is 1. The predicted octanol–water partition coefficient (Wildman–Crippen LogP) is 6.47. The first-order valence-electron chi connectivity index (χ1n) is 9.53. The number of benzene rings is 2. The van der Waals surface area contributed by atoms with Gasteiger partial charge in [-0.05, 0) is 48.9 Å². The van der Waals surface area contributed by atoms with E-state index in [9.17, 15) is 31.0 Å². The highest BCUT2D eigenvalue weighted by molar-refractivity contribution is 7.91. The molecule has 0 saturated heterocycles.